The van der Waals surface area contributed by atoms with Gasteiger partial charge in [-0.05, 0) is 39.9 Å². The molecule has 6 heteroatoms. The van der Waals surface area contributed by atoms with E-state index in [1.807, 2.05) is 11.9 Å². The van der Waals surface area contributed by atoms with E-state index in [0.717, 1.165) is 25.8 Å². The van der Waals surface area contributed by atoms with Crippen LogP contribution < -0.4 is 5.73 Å². The Kier molecular flexibility index (Phi) is 9.53. The van der Waals surface area contributed by atoms with Gasteiger partial charge in [-0.2, -0.15) is 0 Å². The molecule has 0 fully saturated rings. The van der Waals surface area contributed by atoms with Crippen LogP contribution in [0.4, 0.5) is 0 Å². The SMILES string of the molecule is [CH2][C@@H](O)[C@@H](O)[C@H](O)C(O)CN(C)CCCCCN. The summed E-state index contributed by atoms with van der Waals surface area (Å²) in [6.45, 7) is 4.89. The topological polar surface area (TPSA) is 110 Å². The Morgan fingerprint density at radius 2 is 1.67 bits per heavy atom. The fourth-order valence-corrected chi connectivity index (χ4v) is 1.68. The van der Waals surface area contributed by atoms with E-state index in [9.17, 15) is 15.3 Å². The van der Waals surface area contributed by atoms with Crippen LogP contribution in [0.3, 0.4) is 0 Å². The van der Waals surface area contributed by atoms with Crippen molar-refractivity contribution in [2.45, 2.75) is 43.7 Å². The van der Waals surface area contributed by atoms with Gasteiger partial charge in [0, 0.05) is 6.54 Å². The van der Waals surface area contributed by atoms with Crippen LogP contribution in [0.25, 0.3) is 0 Å². The van der Waals surface area contributed by atoms with Crippen molar-refractivity contribution >= 4 is 0 Å². The van der Waals surface area contributed by atoms with Gasteiger partial charge < -0.3 is 31.1 Å². The molecule has 4 atom stereocenters. The van der Waals surface area contributed by atoms with Crippen LogP contribution in [0.15, 0.2) is 0 Å². The van der Waals surface area contributed by atoms with Crippen molar-refractivity contribution in [2.24, 2.45) is 5.73 Å². The number of nitrogens with zero attached hydrogens (tertiary/aromatic N) is 1. The summed E-state index contributed by atoms with van der Waals surface area (Å²) in [5, 5.41) is 37.7. The van der Waals surface area contributed by atoms with Crippen molar-refractivity contribution in [1.29, 1.82) is 0 Å². The van der Waals surface area contributed by atoms with Gasteiger partial charge in [0.2, 0.25) is 0 Å². The second-order valence-electron chi connectivity index (χ2n) is 4.73. The molecule has 109 valence electrons. The van der Waals surface area contributed by atoms with Gasteiger partial charge >= 0.3 is 0 Å². The predicted octanol–water partition coefficient (Wildman–Crippen LogP) is -1.68. The first-order chi connectivity index (χ1) is 8.40. The Bertz CT molecular complexity index is 205. The molecule has 0 aliphatic rings. The molecule has 0 saturated carbocycles. The number of aliphatic hydroxyl groups is 4. The first-order valence-electron chi connectivity index (χ1n) is 6.34. The second-order valence-corrected chi connectivity index (χ2v) is 4.73. The standard InChI is InChI=1S/C12H27N2O4/c1-9(15)11(17)12(18)10(16)8-14(2)7-5-3-4-6-13/h9-12,15-18H,1,3-8,13H2,2H3/t9-,10?,11-,12-/m1/s1. The van der Waals surface area contributed by atoms with E-state index in [1.54, 1.807) is 0 Å². The van der Waals surface area contributed by atoms with Crippen molar-refractivity contribution in [2.75, 3.05) is 26.7 Å². The predicted molar refractivity (Wildman–Crippen MR) is 69.8 cm³/mol. The molecule has 0 aromatic rings. The molecule has 0 aromatic heterocycles. The van der Waals surface area contributed by atoms with Crippen molar-refractivity contribution in [3.05, 3.63) is 6.92 Å². The molecule has 0 aliphatic carbocycles. The van der Waals surface area contributed by atoms with Crippen LogP contribution >= 0.6 is 0 Å². The molecular weight excluding hydrogens is 236 g/mol. The van der Waals surface area contributed by atoms with Crippen LogP contribution in [-0.2, 0) is 0 Å². The lowest BCUT2D eigenvalue weighted by atomic mass is 10.0. The van der Waals surface area contributed by atoms with Gasteiger partial charge in [-0.1, -0.05) is 6.42 Å². The number of aliphatic hydroxyl groups excluding tert-OH is 4. The summed E-state index contributed by atoms with van der Waals surface area (Å²) in [6, 6.07) is 0. The average Bonchev–Trinajstić information content (AvgIpc) is 2.32. The van der Waals surface area contributed by atoms with E-state index in [0.29, 0.717) is 6.54 Å². The molecule has 0 aromatic carbocycles. The van der Waals surface area contributed by atoms with E-state index < -0.39 is 24.4 Å². The maximum atomic E-state index is 9.70. The molecule has 6 N–H and O–H groups in total. The van der Waals surface area contributed by atoms with Crippen LogP contribution in [0.2, 0.25) is 0 Å². The lowest BCUT2D eigenvalue weighted by Crippen LogP contribution is -2.47. The fraction of sp³-hybridized carbons (Fsp3) is 0.917. The summed E-state index contributed by atoms with van der Waals surface area (Å²) in [5.41, 5.74) is 5.38. The molecule has 0 saturated heterocycles. The van der Waals surface area contributed by atoms with Crippen LogP contribution in [0.5, 0.6) is 0 Å². The van der Waals surface area contributed by atoms with Crippen molar-refractivity contribution < 1.29 is 20.4 Å². The summed E-state index contributed by atoms with van der Waals surface area (Å²) < 4.78 is 0. The average molecular weight is 263 g/mol. The van der Waals surface area contributed by atoms with Gasteiger partial charge in [-0.25, -0.2) is 0 Å². The van der Waals surface area contributed by atoms with Gasteiger partial charge in [-0.15, -0.1) is 0 Å². The molecule has 0 bridgehead atoms. The highest BCUT2D eigenvalue weighted by molar-refractivity contribution is 4.83. The molecular formula is C12H27N2O4. The second kappa shape index (κ2) is 9.66. The lowest BCUT2D eigenvalue weighted by molar-refractivity contribution is -0.0988. The fourth-order valence-electron chi connectivity index (χ4n) is 1.68. The minimum absolute atomic E-state index is 0.230. The third-order valence-electron chi connectivity index (χ3n) is 2.88. The number of rotatable bonds is 10. The number of unbranched alkanes of at least 4 members (excludes halogenated alkanes) is 2. The highest BCUT2D eigenvalue weighted by atomic mass is 16.4. The Morgan fingerprint density at radius 1 is 1.06 bits per heavy atom. The van der Waals surface area contributed by atoms with Gasteiger partial charge in [-0.3, -0.25) is 0 Å². The molecule has 0 amide bonds. The lowest BCUT2D eigenvalue weighted by Gasteiger charge is -2.28. The van der Waals surface area contributed by atoms with Crippen molar-refractivity contribution in [1.82, 2.24) is 4.90 Å². The quantitative estimate of drug-likeness (QED) is 0.301. The normalized spacial score (nSPS) is 18.7. The van der Waals surface area contributed by atoms with E-state index in [2.05, 4.69) is 6.92 Å². The summed E-state index contributed by atoms with van der Waals surface area (Å²) >= 11 is 0. The highest BCUT2D eigenvalue weighted by Crippen LogP contribution is 2.06. The Morgan fingerprint density at radius 3 is 2.17 bits per heavy atom. The van der Waals surface area contributed by atoms with Crippen LogP contribution in [0, 0.1) is 6.92 Å². The molecule has 18 heavy (non-hydrogen) atoms. The van der Waals surface area contributed by atoms with Gasteiger partial charge in [0.05, 0.1) is 12.2 Å². The third kappa shape index (κ3) is 7.25. The first-order valence-corrected chi connectivity index (χ1v) is 6.34. The minimum atomic E-state index is -1.44. The van der Waals surface area contributed by atoms with Crippen molar-refractivity contribution in [3.63, 3.8) is 0 Å². The van der Waals surface area contributed by atoms with Crippen molar-refractivity contribution in [3.8, 4) is 0 Å². The zero-order valence-corrected chi connectivity index (χ0v) is 11.1. The smallest absolute Gasteiger partial charge is 0.109 e. The largest absolute Gasteiger partial charge is 0.390 e. The summed E-state index contributed by atoms with van der Waals surface area (Å²) in [5.74, 6) is 0. The number of nitrogens with two attached hydrogens (primary N) is 1. The van der Waals surface area contributed by atoms with Gasteiger partial charge in [0.15, 0.2) is 0 Å². The number of likely N-dealkylation sites (N-methyl/N-ethyl adjacent to an activating group) is 1. The first kappa shape index (κ1) is 17.8. The maximum absolute atomic E-state index is 9.70. The summed E-state index contributed by atoms with van der Waals surface area (Å²) in [6.07, 6.45) is -2.29. The number of hydrogen-bond acceptors (Lipinski definition) is 6. The zero-order chi connectivity index (χ0) is 14.1. The Labute approximate surface area is 109 Å². The Balaban J connectivity index is 3.87. The van der Waals surface area contributed by atoms with E-state index in [-0.39, 0.29) is 6.54 Å². The molecule has 0 spiro atoms. The van der Waals surface area contributed by atoms with E-state index in [4.69, 9.17) is 10.8 Å². The van der Waals surface area contributed by atoms with Crippen LogP contribution in [0.1, 0.15) is 19.3 Å². The molecule has 0 heterocycles. The molecule has 0 aliphatic heterocycles. The number of hydrogen-bond donors (Lipinski definition) is 5. The maximum Gasteiger partial charge on any atom is 0.109 e. The third-order valence-corrected chi connectivity index (χ3v) is 2.88. The van der Waals surface area contributed by atoms with E-state index in [1.165, 1.54) is 0 Å². The zero-order valence-electron chi connectivity index (χ0n) is 11.1. The monoisotopic (exact) mass is 263 g/mol. The van der Waals surface area contributed by atoms with Crippen LogP contribution in [-0.4, -0.2) is 76.4 Å². The molecule has 0 rings (SSSR count). The highest BCUT2D eigenvalue weighted by Gasteiger charge is 2.28. The van der Waals surface area contributed by atoms with Gasteiger partial charge in [0.25, 0.3) is 0 Å². The summed E-state index contributed by atoms with van der Waals surface area (Å²) in [4.78, 5) is 1.87. The van der Waals surface area contributed by atoms with E-state index >= 15 is 0 Å². The molecule has 6 nitrogen and oxygen atoms in total. The minimum Gasteiger partial charge on any atom is -0.390 e. The molecule has 1 unspecified atom stereocenters. The van der Waals surface area contributed by atoms with Gasteiger partial charge in [0.1, 0.15) is 12.2 Å². The summed E-state index contributed by atoms with van der Waals surface area (Å²) in [7, 11) is 1.82. The molecule has 1 radical (unpaired) electrons. The Hall–Kier alpha value is -0.240.